The van der Waals surface area contributed by atoms with Crippen LogP contribution in [-0.2, 0) is 0 Å². The van der Waals surface area contributed by atoms with Crippen LogP contribution < -0.4 is 5.32 Å². The lowest BCUT2D eigenvalue weighted by molar-refractivity contribution is 0.0834. The van der Waals surface area contributed by atoms with E-state index in [0.29, 0.717) is 24.4 Å². The molecule has 3 N–H and O–H groups in total. The zero-order valence-electron chi connectivity index (χ0n) is 10.9. The van der Waals surface area contributed by atoms with Crippen molar-refractivity contribution in [3.63, 3.8) is 0 Å². The van der Waals surface area contributed by atoms with Gasteiger partial charge in [0.15, 0.2) is 0 Å². The van der Waals surface area contributed by atoms with Gasteiger partial charge >= 0.3 is 0 Å². The molecule has 0 unspecified atom stereocenters. The van der Waals surface area contributed by atoms with Crippen LogP contribution in [0.5, 0.6) is 0 Å². The van der Waals surface area contributed by atoms with Crippen LogP contribution in [0.2, 0.25) is 0 Å². The van der Waals surface area contributed by atoms with E-state index in [1.807, 2.05) is 18.2 Å². The lowest BCUT2D eigenvalue weighted by Gasteiger charge is -2.10. The molecule has 1 aromatic rings. The number of hydrogen-bond acceptors (Lipinski definition) is 3. The van der Waals surface area contributed by atoms with E-state index in [9.17, 15) is 4.79 Å². The molecular formula is C14H21NO3. The normalized spacial score (nSPS) is 12.5. The number of hydrogen-bond donors (Lipinski definition) is 3. The Morgan fingerprint density at radius 3 is 2.72 bits per heavy atom. The number of aliphatic hydroxyl groups excluding tert-OH is 2. The second kappa shape index (κ2) is 7.13. The Bertz CT molecular complexity index is 390. The van der Waals surface area contributed by atoms with Crippen molar-refractivity contribution >= 4 is 5.91 Å². The van der Waals surface area contributed by atoms with Crippen LogP contribution in [-0.4, -0.2) is 35.4 Å². The fourth-order valence-corrected chi connectivity index (χ4v) is 1.58. The SMILES string of the molecule is CC(C)c1cccc(C(=O)NCC[C@@H](O)CO)c1. The molecule has 4 heteroatoms. The van der Waals surface area contributed by atoms with Gasteiger partial charge in [0.05, 0.1) is 12.7 Å². The largest absolute Gasteiger partial charge is 0.394 e. The summed E-state index contributed by atoms with van der Waals surface area (Å²) in [5, 5.41) is 20.5. The molecule has 0 heterocycles. The molecule has 0 aliphatic carbocycles. The highest BCUT2D eigenvalue weighted by atomic mass is 16.3. The Labute approximate surface area is 108 Å². The van der Waals surface area contributed by atoms with Gasteiger partial charge in [-0.3, -0.25) is 4.79 Å². The highest BCUT2D eigenvalue weighted by molar-refractivity contribution is 5.94. The second-order valence-electron chi connectivity index (χ2n) is 4.66. The van der Waals surface area contributed by atoms with E-state index in [1.165, 1.54) is 0 Å². The zero-order valence-corrected chi connectivity index (χ0v) is 10.9. The van der Waals surface area contributed by atoms with Crippen molar-refractivity contribution in [1.29, 1.82) is 0 Å². The van der Waals surface area contributed by atoms with Crippen LogP contribution in [0.15, 0.2) is 24.3 Å². The van der Waals surface area contributed by atoms with Crippen molar-refractivity contribution in [2.24, 2.45) is 0 Å². The molecule has 0 fully saturated rings. The van der Waals surface area contributed by atoms with Crippen molar-refractivity contribution in [3.8, 4) is 0 Å². The first-order valence-electron chi connectivity index (χ1n) is 6.21. The molecule has 1 aromatic carbocycles. The molecule has 1 rings (SSSR count). The fraction of sp³-hybridized carbons (Fsp3) is 0.500. The van der Waals surface area contributed by atoms with Crippen LogP contribution in [0.4, 0.5) is 0 Å². The van der Waals surface area contributed by atoms with E-state index >= 15 is 0 Å². The van der Waals surface area contributed by atoms with Crippen molar-refractivity contribution in [1.82, 2.24) is 5.32 Å². The highest BCUT2D eigenvalue weighted by Crippen LogP contribution is 2.15. The van der Waals surface area contributed by atoms with Crippen LogP contribution in [0, 0.1) is 0 Å². The maximum Gasteiger partial charge on any atom is 0.251 e. The Balaban J connectivity index is 2.53. The first-order chi connectivity index (χ1) is 8.54. The summed E-state index contributed by atoms with van der Waals surface area (Å²) < 4.78 is 0. The van der Waals surface area contributed by atoms with Gasteiger partial charge in [-0.2, -0.15) is 0 Å². The van der Waals surface area contributed by atoms with E-state index < -0.39 is 6.10 Å². The number of carbonyl (C=O) groups is 1. The molecule has 0 aromatic heterocycles. The summed E-state index contributed by atoms with van der Waals surface area (Å²) in [6, 6.07) is 7.51. The summed E-state index contributed by atoms with van der Waals surface area (Å²) in [5.41, 5.74) is 1.75. The van der Waals surface area contributed by atoms with Crippen LogP contribution >= 0.6 is 0 Å². The average Bonchev–Trinajstić information content (AvgIpc) is 2.38. The first kappa shape index (κ1) is 14.7. The van der Waals surface area contributed by atoms with Crippen LogP contribution in [0.25, 0.3) is 0 Å². The van der Waals surface area contributed by atoms with Crippen molar-refractivity contribution in [2.75, 3.05) is 13.2 Å². The smallest absolute Gasteiger partial charge is 0.251 e. The van der Waals surface area contributed by atoms with Crippen LogP contribution in [0.3, 0.4) is 0 Å². The van der Waals surface area contributed by atoms with E-state index in [-0.39, 0.29) is 12.5 Å². The third-order valence-corrected chi connectivity index (χ3v) is 2.79. The first-order valence-corrected chi connectivity index (χ1v) is 6.21. The van der Waals surface area contributed by atoms with Gasteiger partial charge in [-0.05, 0) is 30.0 Å². The zero-order chi connectivity index (χ0) is 13.5. The van der Waals surface area contributed by atoms with E-state index in [2.05, 4.69) is 19.2 Å². The van der Waals surface area contributed by atoms with E-state index in [1.54, 1.807) is 6.07 Å². The molecule has 0 spiro atoms. The third kappa shape index (κ3) is 4.47. The maximum absolute atomic E-state index is 11.8. The van der Waals surface area contributed by atoms with Crippen molar-refractivity contribution in [2.45, 2.75) is 32.3 Å². The predicted octanol–water partition coefficient (Wildman–Crippen LogP) is 1.28. The molecule has 1 atom stereocenters. The van der Waals surface area contributed by atoms with Gasteiger partial charge in [-0.15, -0.1) is 0 Å². The second-order valence-corrected chi connectivity index (χ2v) is 4.66. The Kier molecular flexibility index (Phi) is 5.82. The van der Waals surface area contributed by atoms with Gasteiger partial charge in [-0.1, -0.05) is 26.0 Å². The summed E-state index contributed by atoms with van der Waals surface area (Å²) in [7, 11) is 0. The van der Waals surface area contributed by atoms with E-state index in [4.69, 9.17) is 10.2 Å². The Hall–Kier alpha value is -1.39. The predicted molar refractivity (Wildman–Crippen MR) is 70.6 cm³/mol. The summed E-state index contributed by atoms with van der Waals surface area (Å²) in [5.74, 6) is 0.233. The molecule has 0 saturated carbocycles. The fourth-order valence-electron chi connectivity index (χ4n) is 1.58. The Morgan fingerprint density at radius 2 is 2.11 bits per heavy atom. The van der Waals surface area contributed by atoms with Crippen molar-refractivity contribution < 1.29 is 15.0 Å². The molecule has 0 aliphatic heterocycles. The topological polar surface area (TPSA) is 69.6 Å². The minimum absolute atomic E-state index is 0.150. The average molecular weight is 251 g/mol. The quantitative estimate of drug-likeness (QED) is 0.713. The maximum atomic E-state index is 11.8. The number of rotatable bonds is 6. The summed E-state index contributed by atoms with van der Waals surface area (Å²) in [4.78, 5) is 11.8. The van der Waals surface area contributed by atoms with Crippen molar-refractivity contribution in [3.05, 3.63) is 35.4 Å². The molecule has 0 bridgehead atoms. The lowest BCUT2D eigenvalue weighted by atomic mass is 10.0. The van der Waals surface area contributed by atoms with Crippen LogP contribution in [0.1, 0.15) is 42.1 Å². The summed E-state index contributed by atoms with van der Waals surface area (Å²) in [6.45, 7) is 4.23. The summed E-state index contributed by atoms with van der Waals surface area (Å²) >= 11 is 0. The number of benzene rings is 1. The minimum atomic E-state index is -0.771. The Morgan fingerprint density at radius 1 is 1.39 bits per heavy atom. The molecule has 100 valence electrons. The lowest BCUT2D eigenvalue weighted by Crippen LogP contribution is -2.28. The standard InChI is InChI=1S/C14H21NO3/c1-10(2)11-4-3-5-12(8-11)14(18)15-7-6-13(17)9-16/h3-5,8,10,13,16-17H,6-7,9H2,1-2H3,(H,15,18)/t13-/m1/s1. The molecule has 0 saturated heterocycles. The van der Waals surface area contributed by atoms with Gasteiger partial charge < -0.3 is 15.5 Å². The monoisotopic (exact) mass is 251 g/mol. The van der Waals surface area contributed by atoms with Gasteiger partial charge in [0.2, 0.25) is 0 Å². The van der Waals surface area contributed by atoms with Gasteiger partial charge in [-0.25, -0.2) is 0 Å². The number of carbonyl (C=O) groups excluding carboxylic acids is 1. The molecule has 4 nitrogen and oxygen atoms in total. The van der Waals surface area contributed by atoms with E-state index in [0.717, 1.165) is 5.56 Å². The van der Waals surface area contributed by atoms with Gasteiger partial charge in [0.1, 0.15) is 0 Å². The van der Waals surface area contributed by atoms with Gasteiger partial charge in [0, 0.05) is 12.1 Å². The number of aliphatic hydroxyl groups is 2. The van der Waals surface area contributed by atoms with Gasteiger partial charge in [0.25, 0.3) is 5.91 Å². The molecular weight excluding hydrogens is 230 g/mol. The molecule has 0 aliphatic rings. The minimum Gasteiger partial charge on any atom is -0.394 e. The molecule has 1 amide bonds. The molecule has 0 radical (unpaired) electrons. The molecule has 18 heavy (non-hydrogen) atoms. The number of nitrogens with one attached hydrogen (secondary N) is 1. The third-order valence-electron chi connectivity index (χ3n) is 2.79. The number of amides is 1. The summed E-state index contributed by atoms with van der Waals surface area (Å²) in [6.07, 6.45) is -0.418. The highest BCUT2D eigenvalue weighted by Gasteiger charge is 2.08.